The van der Waals surface area contributed by atoms with Gasteiger partial charge < -0.3 is 9.64 Å². The zero-order valence-corrected chi connectivity index (χ0v) is 14.9. The number of carbonyl (C=O) groups excluding carboxylic acids is 1. The van der Waals surface area contributed by atoms with Gasteiger partial charge in [0.05, 0.1) is 18.7 Å². The number of nitrogens with zero attached hydrogens (tertiary/aromatic N) is 4. The van der Waals surface area contributed by atoms with Gasteiger partial charge in [-0.25, -0.2) is 4.68 Å². The van der Waals surface area contributed by atoms with Crippen LogP contribution in [0.25, 0.3) is 11.0 Å². The van der Waals surface area contributed by atoms with Crippen LogP contribution < -0.4 is 4.74 Å². The van der Waals surface area contributed by atoms with Crippen molar-refractivity contribution in [1.82, 2.24) is 19.9 Å². The Morgan fingerprint density at radius 2 is 1.96 bits per heavy atom. The van der Waals surface area contributed by atoms with Crippen molar-refractivity contribution in [2.24, 2.45) is 0 Å². The number of hydrogen-bond donors (Lipinski definition) is 0. The van der Waals surface area contributed by atoms with E-state index < -0.39 is 0 Å². The normalized spacial score (nSPS) is 12.2. The first-order valence-corrected chi connectivity index (χ1v) is 8.29. The van der Waals surface area contributed by atoms with Gasteiger partial charge in [-0.2, -0.15) is 0 Å². The molecule has 0 aliphatic heterocycles. The maximum Gasteiger partial charge on any atom is 0.254 e. The molecule has 0 aliphatic carbocycles. The van der Waals surface area contributed by atoms with Crippen LogP contribution in [0.1, 0.15) is 35.8 Å². The first kappa shape index (κ1) is 17.0. The van der Waals surface area contributed by atoms with Crippen LogP contribution in [-0.2, 0) is 6.54 Å². The highest BCUT2D eigenvalue weighted by Crippen LogP contribution is 2.24. The lowest BCUT2D eigenvalue weighted by Gasteiger charge is -2.25. The lowest BCUT2D eigenvalue weighted by molar-refractivity contribution is 0.0743. The molecular weight excluding hydrogens is 316 g/mol. The van der Waals surface area contributed by atoms with Crippen LogP contribution in [-0.4, -0.2) is 40.0 Å². The smallest absolute Gasteiger partial charge is 0.254 e. The second kappa shape index (κ2) is 6.93. The van der Waals surface area contributed by atoms with Crippen LogP contribution in [0.5, 0.6) is 5.75 Å². The Labute approximate surface area is 147 Å². The summed E-state index contributed by atoms with van der Waals surface area (Å²) in [5.74, 6) is 0.755. The molecule has 6 nitrogen and oxygen atoms in total. The molecule has 0 radical (unpaired) electrons. The second-order valence-electron chi connectivity index (χ2n) is 5.97. The molecule has 1 amide bonds. The maximum absolute atomic E-state index is 12.8. The molecule has 0 bridgehead atoms. The molecule has 0 N–H and O–H groups in total. The Morgan fingerprint density at radius 3 is 2.60 bits per heavy atom. The third-order valence-corrected chi connectivity index (χ3v) is 4.56. The van der Waals surface area contributed by atoms with Crippen molar-refractivity contribution in [2.45, 2.75) is 26.4 Å². The van der Waals surface area contributed by atoms with Gasteiger partial charge in [0, 0.05) is 19.2 Å². The minimum absolute atomic E-state index is 0.0451. The highest BCUT2D eigenvalue weighted by atomic mass is 16.5. The largest absolute Gasteiger partial charge is 0.497 e. The Bertz CT molecular complexity index is 886. The number of rotatable bonds is 5. The van der Waals surface area contributed by atoms with Gasteiger partial charge in [0.25, 0.3) is 5.91 Å². The van der Waals surface area contributed by atoms with Crippen LogP contribution in [0, 0.1) is 0 Å². The summed E-state index contributed by atoms with van der Waals surface area (Å²) in [5, 5.41) is 8.23. The van der Waals surface area contributed by atoms with E-state index >= 15 is 0 Å². The van der Waals surface area contributed by atoms with Crippen molar-refractivity contribution in [3.8, 4) is 5.75 Å². The number of aryl methyl sites for hydroxylation is 1. The molecule has 0 saturated carbocycles. The standard InChI is InChI=1S/C19H22N4O2/c1-5-23-18-11-8-15(12-17(18)20-21-23)19(24)22(3)13(2)14-6-9-16(25-4)10-7-14/h6-13H,5H2,1-4H3. The van der Waals surface area contributed by atoms with Crippen LogP contribution >= 0.6 is 0 Å². The molecule has 1 aromatic heterocycles. The number of amides is 1. The van der Waals surface area contributed by atoms with E-state index in [0.29, 0.717) is 5.56 Å². The Hall–Kier alpha value is -2.89. The van der Waals surface area contributed by atoms with Gasteiger partial charge in [0.2, 0.25) is 0 Å². The second-order valence-corrected chi connectivity index (χ2v) is 5.97. The van der Waals surface area contributed by atoms with Crippen LogP contribution in [0.2, 0.25) is 0 Å². The quantitative estimate of drug-likeness (QED) is 0.716. The molecule has 3 rings (SSSR count). The molecule has 1 unspecified atom stereocenters. The van der Waals surface area contributed by atoms with Crippen molar-refractivity contribution in [3.63, 3.8) is 0 Å². The fourth-order valence-corrected chi connectivity index (χ4v) is 2.82. The van der Waals surface area contributed by atoms with Gasteiger partial charge in [0.1, 0.15) is 11.3 Å². The van der Waals surface area contributed by atoms with Crippen LogP contribution in [0.4, 0.5) is 0 Å². The Morgan fingerprint density at radius 1 is 1.24 bits per heavy atom. The zero-order chi connectivity index (χ0) is 18.0. The summed E-state index contributed by atoms with van der Waals surface area (Å²) in [6.45, 7) is 4.77. The number of carbonyl (C=O) groups is 1. The molecule has 0 saturated heterocycles. The molecule has 1 heterocycles. The van der Waals surface area contributed by atoms with Crippen molar-refractivity contribution >= 4 is 16.9 Å². The number of aromatic nitrogens is 3. The fourth-order valence-electron chi connectivity index (χ4n) is 2.82. The van der Waals surface area contributed by atoms with Gasteiger partial charge in [-0.3, -0.25) is 4.79 Å². The average Bonchev–Trinajstić information content (AvgIpc) is 3.08. The summed E-state index contributed by atoms with van der Waals surface area (Å²) in [4.78, 5) is 14.6. The third-order valence-electron chi connectivity index (χ3n) is 4.56. The SMILES string of the molecule is CCn1nnc2cc(C(=O)N(C)C(C)c3ccc(OC)cc3)ccc21. The van der Waals surface area contributed by atoms with E-state index in [0.717, 1.165) is 28.9 Å². The molecule has 0 spiro atoms. The van der Waals surface area contributed by atoms with E-state index in [1.165, 1.54) is 0 Å². The molecule has 6 heteroatoms. The van der Waals surface area contributed by atoms with Gasteiger partial charge in [0.15, 0.2) is 0 Å². The topological polar surface area (TPSA) is 60.2 Å². The van der Waals surface area contributed by atoms with Gasteiger partial charge in [-0.15, -0.1) is 5.10 Å². The van der Waals surface area contributed by atoms with E-state index in [1.807, 2.05) is 62.0 Å². The molecular formula is C19H22N4O2. The predicted octanol–water partition coefficient (Wildman–Crippen LogP) is 3.29. The van der Waals surface area contributed by atoms with E-state index in [1.54, 1.807) is 18.1 Å². The van der Waals surface area contributed by atoms with E-state index in [2.05, 4.69) is 10.3 Å². The monoisotopic (exact) mass is 338 g/mol. The minimum atomic E-state index is -0.0552. The van der Waals surface area contributed by atoms with Crippen molar-refractivity contribution < 1.29 is 9.53 Å². The molecule has 1 atom stereocenters. The predicted molar refractivity (Wildman–Crippen MR) is 96.7 cm³/mol. The zero-order valence-electron chi connectivity index (χ0n) is 14.9. The first-order chi connectivity index (χ1) is 12.0. The molecule has 130 valence electrons. The molecule has 25 heavy (non-hydrogen) atoms. The number of ether oxygens (including phenoxy) is 1. The van der Waals surface area contributed by atoms with Crippen molar-refractivity contribution in [3.05, 3.63) is 53.6 Å². The lowest BCUT2D eigenvalue weighted by Crippen LogP contribution is -2.29. The van der Waals surface area contributed by atoms with Crippen molar-refractivity contribution in [2.75, 3.05) is 14.2 Å². The van der Waals surface area contributed by atoms with Crippen LogP contribution in [0.15, 0.2) is 42.5 Å². The highest BCUT2D eigenvalue weighted by molar-refractivity contribution is 5.97. The Balaban J connectivity index is 1.83. The van der Waals surface area contributed by atoms with E-state index in [9.17, 15) is 4.79 Å². The van der Waals surface area contributed by atoms with Gasteiger partial charge in [-0.1, -0.05) is 17.3 Å². The first-order valence-electron chi connectivity index (χ1n) is 8.29. The lowest BCUT2D eigenvalue weighted by atomic mass is 10.1. The summed E-state index contributed by atoms with van der Waals surface area (Å²) >= 11 is 0. The van der Waals surface area contributed by atoms with Gasteiger partial charge >= 0.3 is 0 Å². The number of hydrogen-bond acceptors (Lipinski definition) is 4. The molecule has 3 aromatic rings. The fraction of sp³-hybridized carbons (Fsp3) is 0.316. The Kier molecular flexibility index (Phi) is 4.70. The molecule has 2 aromatic carbocycles. The number of methoxy groups -OCH3 is 1. The van der Waals surface area contributed by atoms with E-state index in [4.69, 9.17) is 4.74 Å². The average molecular weight is 338 g/mol. The highest BCUT2D eigenvalue weighted by Gasteiger charge is 2.20. The summed E-state index contributed by atoms with van der Waals surface area (Å²) in [6.07, 6.45) is 0. The molecule has 0 fully saturated rings. The third kappa shape index (κ3) is 3.20. The summed E-state index contributed by atoms with van der Waals surface area (Å²) in [5.41, 5.74) is 3.33. The van der Waals surface area contributed by atoms with Gasteiger partial charge in [-0.05, 0) is 49.7 Å². The number of fused-ring (bicyclic) bond motifs is 1. The summed E-state index contributed by atoms with van der Waals surface area (Å²) in [7, 11) is 3.45. The summed E-state index contributed by atoms with van der Waals surface area (Å²) in [6, 6.07) is 13.2. The molecule has 0 aliphatic rings. The van der Waals surface area contributed by atoms with E-state index in [-0.39, 0.29) is 11.9 Å². The van der Waals surface area contributed by atoms with Crippen LogP contribution in [0.3, 0.4) is 0 Å². The maximum atomic E-state index is 12.8. The summed E-state index contributed by atoms with van der Waals surface area (Å²) < 4.78 is 7.00. The van der Waals surface area contributed by atoms with Crippen molar-refractivity contribution in [1.29, 1.82) is 0 Å². The number of benzene rings is 2. The minimum Gasteiger partial charge on any atom is -0.497 e.